The number of aliphatic carboxylic acids is 1. The van der Waals surface area contributed by atoms with E-state index in [2.05, 4.69) is 22.8 Å². The number of hydrogen-bond acceptors (Lipinski definition) is 5. The predicted octanol–water partition coefficient (Wildman–Crippen LogP) is 3.54. The fourth-order valence-electron chi connectivity index (χ4n) is 4.26. The molecule has 0 radical (unpaired) electrons. The second-order valence-electron chi connectivity index (χ2n) is 8.92. The van der Waals surface area contributed by atoms with Crippen LogP contribution in [0.3, 0.4) is 0 Å². The largest absolute Gasteiger partial charge is 0.480 e. The number of ether oxygens (including phenoxy) is 2. The van der Waals surface area contributed by atoms with Gasteiger partial charge >= 0.3 is 12.1 Å². The Labute approximate surface area is 199 Å². The number of fused-ring (bicyclic) bond motifs is 3. The first kappa shape index (κ1) is 25.2. The zero-order valence-electron chi connectivity index (χ0n) is 19.9. The smallest absolute Gasteiger partial charge is 0.407 e. The molecule has 0 saturated carbocycles. The minimum absolute atomic E-state index is 0.0766. The number of amides is 2. The zero-order valence-corrected chi connectivity index (χ0v) is 19.9. The summed E-state index contributed by atoms with van der Waals surface area (Å²) in [6, 6.07) is 13.9. The van der Waals surface area contributed by atoms with E-state index >= 15 is 0 Å². The van der Waals surface area contributed by atoms with Gasteiger partial charge in [0.15, 0.2) is 6.04 Å². The second kappa shape index (κ2) is 11.2. The molecule has 0 unspecified atom stereocenters. The first-order valence-corrected chi connectivity index (χ1v) is 11.4. The highest BCUT2D eigenvalue weighted by Gasteiger charge is 2.32. The van der Waals surface area contributed by atoms with Crippen LogP contribution in [0, 0.1) is 5.92 Å². The summed E-state index contributed by atoms with van der Waals surface area (Å²) in [5, 5.41) is 14.5. The summed E-state index contributed by atoms with van der Waals surface area (Å²) in [4.78, 5) is 37.1. The fourth-order valence-corrected chi connectivity index (χ4v) is 4.26. The zero-order chi connectivity index (χ0) is 24.8. The highest BCUT2D eigenvalue weighted by Crippen LogP contribution is 2.44. The van der Waals surface area contributed by atoms with Crippen LogP contribution in [0.15, 0.2) is 48.5 Å². The van der Waals surface area contributed by atoms with Gasteiger partial charge in [-0.3, -0.25) is 4.79 Å². The molecule has 34 heavy (non-hydrogen) atoms. The van der Waals surface area contributed by atoms with Crippen molar-refractivity contribution in [3.8, 4) is 11.1 Å². The van der Waals surface area contributed by atoms with Crippen LogP contribution < -0.4 is 10.6 Å². The lowest BCUT2D eigenvalue weighted by atomic mass is 9.98. The minimum atomic E-state index is -1.24. The third-order valence-corrected chi connectivity index (χ3v) is 6.06. The highest BCUT2D eigenvalue weighted by molar-refractivity contribution is 5.89. The van der Waals surface area contributed by atoms with Crippen molar-refractivity contribution in [3.05, 3.63) is 59.7 Å². The van der Waals surface area contributed by atoms with Crippen LogP contribution in [0.2, 0.25) is 0 Å². The Morgan fingerprint density at radius 2 is 1.50 bits per heavy atom. The van der Waals surface area contributed by atoms with E-state index < -0.39 is 36.2 Å². The van der Waals surface area contributed by atoms with Crippen molar-refractivity contribution in [1.82, 2.24) is 10.6 Å². The summed E-state index contributed by atoms with van der Waals surface area (Å²) in [6.07, 6.45) is -1.14. The van der Waals surface area contributed by atoms with E-state index in [9.17, 15) is 19.5 Å². The Morgan fingerprint density at radius 1 is 0.941 bits per heavy atom. The molecule has 2 amide bonds. The van der Waals surface area contributed by atoms with Gasteiger partial charge in [0.2, 0.25) is 5.91 Å². The van der Waals surface area contributed by atoms with Gasteiger partial charge in [0.05, 0.1) is 6.10 Å². The van der Waals surface area contributed by atoms with Crippen molar-refractivity contribution in [1.29, 1.82) is 0 Å². The molecule has 182 valence electrons. The molecule has 0 fully saturated rings. The quantitative estimate of drug-likeness (QED) is 0.491. The van der Waals surface area contributed by atoms with Crippen LogP contribution in [-0.2, 0) is 19.1 Å². The Balaban J connectivity index is 1.67. The van der Waals surface area contributed by atoms with Gasteiger partial charge in [0.25, 0.3) is 0 Å². The average Bonchev–Trinajstić information content (AvgIpc) is 3.13. The molecule has 2 aromatic rings. The summed E-state index contributed by atoms with van der Waals surface area (Å²) >= 11 is 0. The number of alkyl carbamates (subject to hydrolysis) is 1. The van der Waals surface area contributed by atoms with Gasteiger partial charge in [0.1, 0.15) is 12.6 Å². The van der Waals surface area contributed by atoms with Gasteiger partial charge in [-0.25, -0.2) is 9.59 Å². The minimum Gasteiger partial charge on any atom is -0.480 e. The van der Waals surface area contributed by atoms with Gasteiger partial charge in [0, 0.05) is 13.0 Å². The first-order valence-electron chi connectivity index (χ1n) is 11.4. The molecule has 1 aliphatic rings. The van der Waals surface area contributed by atoms with E-state index in [0.717, 1.165) is 22.3 Å². The number of hydrogen-bond donors (Lipinski definition) is 3. The van der Waals surface area contributed by atoms with Gasteiger partial charge in [-0.15, -0.1) is 0 Å². The van der Waals surface area contributed by atoms with Gasteiger partial charge in [-0.05, 0) is 41.5 Å². The van der Waals surface area contributed by atoms with Crippen molar-refractivity contribution < 1.29 is 29.0 Å². The molecule has 8 nitrogen and oxygen atoms in total. The van der Waals surface area contributed by atoms with Crippen molar-refractivity contribution in [2.75, 3.05) is 13.7 Å². The first-order chi connectivity index (χ1) is 16.2. The summed E-state index contributed by atoms with van der Waals surface area (Å²) in [5.74, 6) is -1.84. The molecule has 8 heteroatoms. The Hall–Kier alpha value is -3.39. The number of methoxy groups -OCH3 is 1. The topological polar surface area (TPSA) is 114 Å². The Kier molecular flexibility index (Phi) is 8.28. The third kappa shape index (κ3) is 5.75. The maximum absolute atomic E-state index is 12.8. The van der Waals surface area contributed by atoms with Crippen LogP contribution >= 0.6 is 0 Å². The normalized spacial score (nSPS) is 15.1. The number of carbonyl (C=O) groups is 3. The lowest BCUT2D eigenvalue weighted by Crippen LogP contribution is -2.55. The Bertz CT molecular complexity index is 992. The third-order valence-electron chi connectivity index (χ3n) is 6.06. The van der Waals surface area contributed by atoms with Crippen molar-refractivity contribution in [2.45, 2.75) is 51.3 Å². The monoisotopic (exact) mass is 468 g/mol. The molecule has 3 atom stereocenters. The lowest BCUT2D eigenvalue weighted by molar-refractivity contribution is -0.145. The van der Waals surface area contributed by atoms with Crippen LogP contribution in [0.5, 0.6) is 0 Å². The fraction of sp³-hybridized carbons (Fsp3) is 0.423. The molecule has 1 aliphatic carbocycles. The van der Waals surface area contributed by atoms with Crippen LogP contribution in [-0.4, -0.2) is 55.0 Å². The van der Waals surface area contributed by atoms with Crippen molar-refractivity contribution in [2.24, 2.45) is 5.92 Å². The van der Waals surface area contributed by atoms with Gasteiger partial charge < -0.3 is 25.2 Å². The van der Waals surface area contributed by atoms with E-state index in [0.29, 0.717) is 6.42 Å². The maximum Gasteiger partial charge on any atom is 0.407 e. The highest BCUT2D eigenvalue weighted by atomic mass is 16.5. The molecule has 0 aliphatic heterocycles. The van der Waals surface area contributed by atoms with Crippen LogP contribution in [0.4, 0.5) is 4.79 Å². The molecule has 0 spiro atoms. The van der Waals surface area contributed by atoms with Crippen molar-refractivity contribution >= 4 is 18.0 Å². The summed E-state index contributed by atoms with van der Waals surface area (Å²) in [7, 11) is 1.37. The summed E-state index contributed by atoms with van der Waals surface area (Å²) in [6.45, 7) is 5.49. The molecule has 0 saturated heterocycles. The predicted molar refractivity (Wildman–Crippen MR) is 127 cm³/mol. The van der Waals surface area contributed by atoms with E-state index in [1.165, 1.54) is 7.11 Å². The number of benzene rings is 2. The number of nitrogens with one attached hydrogen (secondary N) is 2. The molecule has 3 rings (SSSR count). The Morgan fingerprint density at radius 3 is 2.00 bits per heavy atom. The van der Waals surface area contributed by atoms with Crippen LogP contribution in [0.1, 0.15) is 44.2 Å². The van der Waals surface area contributed by atoms with E-state index in [-0.39, 0.29) is 18.4 Å². The van der Waals surface area contributed by atoms with E-state index in [1.54, 1.807) is 6.92 Å². The van der Waals surface area contributed by atoms with E-state index in [1.807, 2.05) is 50.2 Å². The molecule has 0 bridgehead atoms. The molecule has 2 aromatic carbocycles. The summed E-state index contributed by atoms with van der Waals surface area (Å²) in [5.41, 5.74) is 4.42. The number of carboxylic acids is 1. The number of carboxylic acid groups (broad SMARTS) is 1. The summed E-state index contributed by atoms with van der Waals surface area (Å²) < 4.78 is 10.6. The van der Waals surface area contributed by atoms with Crippen LogP contribution in [0.25, 0.3) is 11.1 Å². The molecular weight excluding hydrogens is 436 g/mol. The molecular formula is C26H32N2O6. The number of rotatable bonds is 10. The van der Waals surface area contributed by atoms with Crippen molar-refractivity contribution in [3.63, 3.8) is 0 Å². The second-order valence-corrected chi connectivity index (χ2v) is 8.92. The standard InChI is InChI=1S/C26H32N2O6/c1-15(2)13-22(24(29)28-23(25(30)31)16(3)33-4)27-26(32)34-14-21-19-11-7-5-9-17(19)18-10-6-8-12-20(18)21/h5-12,15-16,21-23H,13-14H2,1-4H3,(H,27,32)(H,28,29)(H,30,31)/t16-,22-,23+/m1/s1. The number of carbonyl (C=O) groups excluding carboxylic acids is 2. The maximum atomic E-state index is 12.8. The lowest BCUT2D eigenvalue weighted by Gasteiger charge is -2.25. The van der Waals surface area contributed by atoms with Gasteiger partial charge in [-0.2, -0.15) is 0 Å². The molecule has 0 aromatic heterocycles. The molecule has 3 N–H and O–H groups in total. The van der Waals surface area contributed by atoms with E-state index in [4.69, 9.17) is 9.47 Å². The average molecular weight is 469 g/mol. The SMILES string of the molecule is CO[C@H](C)[C@H](NC(=O)[C@@H](CC(C)C)NC(=O)OCC1c2ccccc2-c2ccccc21)C(=O)O. The molecule has 0 heterocycles. The van der Waals surface area contributed by atoms with Gasteiger partial charge in [-0.1, -0.05) is 62.4 Å².